The summed E-state index contributed by atoms with van der Waals surface area (Å²) in [7, 11) is 1.29. The van der Waals surface area contributed by atoms with E-state index in [0.29, 0.717) is 37.7 Å². The zero-order valence-corrected chi connectivity index (χ0v) is 18.9. The molecule has 164 valence electrons. The number of esters is 1. The fraction of sp³-hybridized carbons (Fsp3) is 0.0870. The van der Waals surface area contributed by atoms with E-state index in [1.54, 1.807) is 6.07 Å². The molecule has 5 aromatic rings. The molecule has 0 spiro atoms. The van der Waals surface area contributed by atoms with Crippen LogP contribution < -0.4 is 11.1 Å². The van der Waals surface area contributed by atoms with Crippen molar-refractivity contribution in [3.63, 3.8) is 0 Å². The number of benzene rings is 2. The first-order valence-corrected chi connectivity index (χ1v) is 11.7. The molecular weight excluding hydrogens is 460 g/mol. The first-order valence-electron chi connectivity index (χ1n) is 9.84. The molecule has 2 aromatic carbocycles. The molecule has 0 atom stereocenters. The molecule has 8 nitrogen and oxygen atoms in total. The maximum atomic E-state index is 12.8. The number of fused-ring (bicyclic) bond motifs is 2. The van der Waals surface area contributed by atoms with E-state index < -0.39 is 5.97 Å². The number of nitrogens with zero attached hydrogens (tertiary/aromatic N) is 2. The monoisotopic (exact) mass is 476 g/mol. The van der Waals surface area contributed by atoms with Crippen molar-refractivity contribution in [2.24, 2.45) is 0 Å². The molecular formula is C23H16N4O4S2. The molecule has 0 radical (unpaired) electrons. The quantitative estimate of drug-likeness (QED) is 0.224. The van der Waals surface area contributed by atoms with Crippen molar-refractivity contribution in [1.82, 2.24) is 19.9 Å². The summed E-state index contributed by atoms with van der Waals surface area (Å²) in [4.78, 5) is 52.3. The lowest BCUT2D eigenvalue weighted by atomic mass is 10.1. The highest BCUT2D eigenvalue weighted by atomic mass is 32.2. The van der Waals surface area contributed by atoms with E-state index in [9.17, 15) is 14.4 Å². The lowest BCUT2D eigenvalue weighted by Gasteiger charge is -2.05. The minimum Gasteiger partial charge on any atom is -0.465 e. The summed E-state index contributed by atoms with van der Waals surface area (Å²) in [6.45, 7) is 0. The topological polar surface area (TPSA) is 118 Å². The highest BCUT2D eigenvalue weighted by Crippen LogP contribution is 2.31. The molecule has 0 saturated heterocycles. The number of aromatic amines is 2. The summed E-state index contributed by atoms with van der Waals surface area (Å²) in [6, 6.07) is 14.3. The number of thioether (sulfide) groups is 1. The predicted molar refractivity (Wildman–Crippen MR) is 129 cm³/mol. The number of thiophene rings is 1. The SMILES string of the molecule is COC(=O)c1ccc2c(=O)[nH]c(CSc3nc4scc(-c5ccccc5)c4c(=O)[nH]3)nc2c1. The molecule has 0 aliphatic rings. The Morgan fingerprint density at radius 2 is 1.88 bits per heavy atom. The number of methoxy groups -OCH3 is 1. The Labute approximate surface area is 194 Å². The number of H-pyrrole nitrogens is 2. The molecule has 0 unspecified atom stereocenters. The Morgan fingerprint density at radius 3 is 2.67 bits per heavy atom. The fourth-order valence-corrected chi connectivity index (χ4v) is 5.20. The summed E-state index contributed by atoms with van der Waals surface area (Å²) in [5.41, 5.74) is 1.98. The normalized spacial score (nSPS) is 11.2. The Bertz CT molecular complexity index is 1620. The molecule has 10 heteroatoms. The van der Waals surface area contributed by atoms with Crippen LogP contribution in [0.5, 0.6) is 0 Å². The Kier molecular flexibility index (Phi) is 5.53. The third kappa shape index (κ3) is 4.06. The van der Waals surface area contributed by atoms with Crippen molar-refractivity contribution in [3.05, 3.63) is 86.0 Å². The summed E-state index contributed by atoms with van der Waals surface area (Å²) in [6.07, 6.45) is 0. The van der Waals surface area contributed by atoms with Crippen LogP contribution in [0, 0.1) is 0 Å². The molecule has 2 N–H and O–H groups in total. The van der Waals surface area contributed by atoms with Gasteiger partial charge in [0.25, 0.3) is 11.1 Å². The van der Waals surface area contributed by atoms with Gasteiger partial charge in [0.2, 0.25) is 0 Å². The first-order chi connectivity index (χ1) is 16.0. The van der Waals surface area contributed by atoms with Crippen LogP contribution in [0.3, 0.4) is 0 Å². The number of carbonyl (C=O) groups excluding carboxylic acids is 1. The van der Waals surface area contributed by atoms with E-state index in [0.717, 1.165) is 11.1 Å². The second kappa shape index (κ2) is 8.64. The van der Waals surface area contributed by atoms with E-state index in [4.69, 9.17) is 4.74 Å². The maximum Gasteiger partial charge on any atom is 0.337 e. The van der Waals surface area contributed by atoms with E-state index in [-0.39, 0.29) is 16.9 Å². The minimum atomic E-state index is -0.504. The van der Waals surface area contributed by atoms with Crippen molar-refractivity contribution in [3.8, 4) is 11.1 Å². The Morgan fingerprint density at radius 1 is 1.06 bits per heavy atom. The summed E-state index contributed by atoms with van der Waals surface area (Å²) in [5, 5.41) is 3.29. The predicted octanol–water partition coefficient (Wildman–Crippen LogP) is 3.97. The van der Waals surface area contributed by atoms with Crippen LogP contribution in [0.1, 0.15) is 16.2 Å². The molecule has 0 saturated carbocycles. The number of hydrogen-bond acceptors (Lipinski definition) is 8. The van der Waals surface area contributed by atoms with Gasteiger partial charge in [-0.1, -0.05) is 42.1 Å². The lowest BCUT2D eigenvalue weighted by Crippen LogP contribution is -2.13. The lowest BCUT2D eigenvalue weighted by molar-refractivity contribution is 0.0601. The van der Waals surface area contributed by atoms with Crippen molar-refractivity contribution < 1.29 is 9.53 Å². The highest BCUT2D eigenvalue weighted by molar-refractivity contribution is 7.98. The van der Waals surface area contributed by atoms with Crippen LogP contribution in [0.2, 0.25) is 0 Å². The summed E-state index contributed by atoms with van der Waals surface area (Å²) < 4.78 is 4.73. The van der Waals surface area contributed by atoms with E-state index in [1.165, 1.54) is 42.3 Å². The number of aromatic nitrogens is 4. The molecule has 0 aliphatic carbocycles. The zero-order valence-electron chi connectivity index (χ0n) is 17.2. The van der Waals surface area contributed by atoms with Gasteiger partial charge in [-0.3, -0.25) is 9.59 Å². The molecule has 33 heavy (non-hydrogen) atoms. The fourth-order valence-electron chi connectivity index (χ4n) is 3.47. The first kappa shape index (κ1) is 21.1. The molecule has 3 aromatic heterocycles. The number of rotatable bonds is 5. The van der Waals surface area contributed by atoms with E-state index in [2.05, 4.69) is 19.9 Å². The third-order valence-electron chi connectivity index (χ3n) is 5.03. The van der Waals surface area contributed by atoms with Gasteiger partial charge >= 0.3 is 5.97 Å². The van der Waals surface area contributed by atoms with Crippen molar-refractivity contribution in [2.45, 2.75) is 10.9 Å². The van der Waals surface area contributed by atoms with Gasteiger partial charge in [0, 0.05) is 10.9 Å². The molecule has 3 heterocycles. The van der Waals surface area contributed by atoms with Crippen LogP contribution in [0.15, 0.2) is 68.7 Å². The molecule has 0 fully saturated rings. The summed E-state index contributed by atoms with van der Waals surface area (Å²) in [5.74, 6) is 0.174. The number of hydrogen-bond donors (Lipinski definition) is 2. The van der Waals surface area contributed by atoms with Gasteiger partial charge in [0.15, 0.2) is 5.16 Å². The van der Waals surface area contributed by atoms with Crippen LogP contribution in [-0.4, -0.2) is 33.0 Å². The minimum absolute atomic E-state index is 0.217. The second-order valence-corrected chi connectivity index (χ2v) is 8.91. The van der Waals surface area contributed by atoms with Gasteiger partial charge in [0.1, 0.15) is 10.7 Å². The van der Waals surface area contributed by atoms with Crippen molar-refractivity contribution in [2.75, 3.05) is 7.11 Å². The van der Waals surface area contributed by atoms with Gasteiger partial charge < -0.3 is 14.7 Å². The molecule has 0 amide bonds. The van der Waals surface area contributed by atoms with Gasteiger partial charge in [-0.15, -0.1) is 11.3 Å². The molecule has 0 bridgehead atoms. The Hall–Kier alpha value is -3.76. The highest BCUT2D eigenvalue weighted by Gasteiger charge is 2.14. The number of nitrogens with one attached hydrogen (secondary N) is 2. The standard InChI is InChI=1S/C23H16N4O4S2/c1-31-22(30)13-7-8-14-16(9-13)24-17(25-19(14)28)11-33-23-26-20(29)18-15(10-32-21(18)27-23)12-5-3-2-4-6-12/h2-10H,11H2,1H3,(H,24,25,28)(H,26,27,29). The molecule has 5 rings (SSSR count). The van der Waals surface area contributed by atoms with Gasteiger partial charge in [-0.25, -0.2) is 14.8 Å². The number of ether oxygens (including phenoxy) is 1. The van der Waals surface area contributed by atoms with E-state index >= 15 is 0 Å². The number of carbonyl (C=O) groups is 1. The van der Waals surface area contributed by atoms with Gasteiger partial charge in [-0.2, -0.15) is 0 Å². The smallest absolute Gasteiger partial charge is 0.337 e. The molecule has 0 aliphatic heterocycles. The zero-order chi connectivity index (χ0) is 22.9. The summed E-state index contributed by atoms with van der Waals surface area (Å²) >= 11 is 2.66. The van der Waals surface area contributed by atoms with Gasteiger partial charge in [0.05, 0.1) is 34.7 Å². The van der Waals surface area contributed by atoms with Crippen LogP contribution in [0.25, 0.3) is 32.2 Å². The average Bonchev–Trinajstić information content (AvgIpc) is 3.27. The third-order valence-corrected chi connectivity index (χ3v) is 6.79. The van der Waals surface area contributed by atoms with Crippen molar-refractivity contribution >= 4 is 50.2 Å². The van der Waals surface area contributed by atoms with Crippen LogP contribution >= 0.6 is 23.1 Å². The largest absolute Gasteiger partial charge is 0.465 e. The Balaban J connectivity index is 1.44. The van der Waals surface area contributed by atoms with Crippen molar-refractivity contribution in [1.29, 1.82) is 0 Å². The van der Waals surface area contributed by atoms with Gasteiger partial charge in [-0.05, 0) is 23.8 Å². The average molecular weight is 477 g/mol. The van der Waals surface area contributed by atoms with E-state index in [1.807, 2.05) is 35.7 Å². The second-order valence-electron chi connectivity index (χ2n) is 7.09. The van der Waals surface area contributed by atoms with Crippen LogP contribution in [-0.2, 0) is 10.5 Å². The van der Waals surface area contributed by atoms with Crippen LogP contribution in [0.4, 0.5) is 0 Å². The maximum absolute atomic E-state index is 12.8.